The molecule has 27 heavy (non-hydrogen) atoms. The van der Waals surface area contributed by atoms with E-state index in [-0.39, 0.29) is 17.9 Å². The van der Waals surface area contributed by atoms with Crippen molar-refractivity contribution in [3.05, 3.63) is 17.2 Å². The Morgan fingerprint density at radius 3 is 2.52 bits per heavy atom. The van der Waals surface area contributed by atoms with Gasteiger partial charge in [0.05, 0.1) is 5.69 Å². The molecule has 0 bridgehead atoms. The Morgan fingerprint density at radius 1 is 1.07 bits per heavy atom. The van der Waals surface area contributed by atoms with E-state index in [2.05, 4.69) is 15.6 Å². The molecule has 150 valence electrons. The summed E-state index contributed by atoms with van der Waals surface area (Å²) in [7, 11) is 3.95. The van der Waals surface area contributed by atoms with Gasteiger partial charge in [-0.05, 0) is 46.2 Å². The zero-order valence-electron chi connectivity index (χ0n) is 16.7. The van der Waals surface area contributed by atoms with E-state index in [0.717, 1.165) is 50.9 Å². The van der Waals surface area contributed by atoms with E-state index < -0.39 is 0 Å². The van der Waals surface area contributed by atoms with Gasteiger partial charge in [-0.2, -0.15) is 0 Å². The lowest BCUT2D eigenvalue weighted by Crippen LogP contribution is -2.36. The van der Waals surface area contributed by atoms with Crippen LogP contribution in [-0.4, -0.2) is 59.5 Å². The van der Waals surface area contributed by atoms with Gasteiger partial charge < -0.3 is 20.1 Å². The molecule has 1 aromatic rings. The molecule has 3 rings (SSSR count). The van der Waals surface area contributed by atoms with E-state index >= 15 is 0 Å². The van der Waals surface area contributed by atoms with Crippen LogP contribution in [0.25, 0.3) is 0 Å². The highest BCUT2D eigenvalue weighted by molar-refractivity contribution is 5.97. The highest BCUT2D eigenvalue weighted by Crippen LogP contribution is 2.22. The minimum atomic E-state index is -0.170. The maximum atomic E-state index is 12.9. The average molecular weight is 376 g/mol. The predicted octanol–water partition coefficient (Wildman–Crippen LogP) is 1.96. The third-order valence-corrected chi connectivity index (χ3v) is 5.57. The zero-order valence-corrected chi connectivity index (χ0v) is 16.7. The first-order valence-electron chi connectivity index (χ1n) is 10.4. The molecule has 1 aliphatic carbocycles. The third-order valence-electron chi connectivity index (χ3n) is 5.57. The molecule has 0 saturated heterocycles. The van der Waals surface area contributed by atoms with E-state index in [1.165, 1.54) is 25.7 Å². The highest BCUT2D eigenvalue weighted by atomic mass is 16.2. The number of likely N-dealkylation sites (N-methyl/N-ethyl adjacent to an activating group) is 1. The number of nitrogens with one attached hydrogen (secondary N) is 2. The van der Waals surface area contributed by atoms with Gasteiger partial charge in [-0.1, -0.05) is 25.7 Å². The summed E-state index contributed by atoms with van der Waals surface area (Å²) in [4.78, 5) is 32.1. The number of imidazole rings is 1. The van der Waals surface area contributed by atoms with Crippen molar-refractivity contribution in [2.75, 3.05) is 27.2 Å². The second-order valence-electron chi connectivity index (χ2n) is 8.06. The van der Waals surface area contributed by atoms with Gasteiger partial charge in [0.2, 0.25) is 0 Å². The molecule has 1 saturated carbocycles. The van der Waals surface area contributed by atoms with Crippen LogP contribution in [0.4, 0.5) is 0 Å². The molecule has 7 heteroatoms. The second-order valence-corrected chi connectivity index (χ2v) is 8.06. The standard InChI is InChI=1S/C20H33N5O2/c1-24(2)14-12-21-19(26)17-16-11-7-8-13-25(16)18(23-17)20(27)22-15-9-5-3-4-6-10-15/h15H,3-14H2,1-2H3,(H,21,26)(H,22,27). The van der Waals surface area contributed by atoms with Crippen molar-refractivity contribution in [3.8, 4) is 0 Å². The van der Waals surface area contributed by atoms with Crippen LogP contribution < -0.4 is 10.6 Å². The van der Waals surface area contributed by atoms with Crippen molar-refractivity contribution in [1.29, 1.82) is 0 Å². The Balaban J connectivity index is 1.73. The number of carbonyl (C=O) groups excluding carboxylic acids is 2. The van der Waals surface area contributed by atoms with Gasteiger partial charge in [0, 0.05) is 25.7 Å². The molecule has 0 unspecified atom stereocenters. The summed E-state index contributed by atoms with van der Waals surface area (Å²) >= 11 is 0. The number of aromatic nitrogens is 2. The Labute approximate surface area is 161 Å². The maximum Gasteiger partial charge on any atom is 0.287 e. The summed E-state index contributed by atoms with van der Waals surface area (Å²) in [6.07, 6.45) is 9.79. The van der Waals surface area contributed by atoms with Gasteiger partial charge in [0.1, 0.15) is 5.69 Å². The largest absolute Gasteiger partial charge is 0.349 e. The molecule has 1 aliphatic heterocycles. The fraction of sp³-hybridized carbons (Fsp3) is 0.750. The predicted molar refractivity (Wildman–Crippen MR) is 105 cm³/mol. The first-order chi connectivity index (χ1) is 13.1. The van der Waals surface area contributed by atoms with Crippen LogP contribution in [0.3, 0.4) is 0 Å². The number of hydrogen-bond acceptors (Lipinski definition) is 4. The average Bonchev–Trinajstić information content (AvgIpc) is 2.85. The van der Waals surface area contributed by atoms with E-state index in [4.69, 9.17) is 0 Å². The lowest BCUT2D eigenvalue weighted by atomic mass is 10.1. The van der Waals surface area contributed by atoms with Crippen LogP contribution in [0, 0.1) is 0 Å². The molecule has 2 N–H and O–H groups in total. The van der Waals surface area contributed by atoms with E-state index in [1.54, 1.807) is 0 Å². The van der Waals surface area contributed by atoms with Crippen molar-refractivity contribution in [2.45, 2.75) is 70.4 Å². The molecule has 1 fully saturated rings. The number of fused-ring (bicyclic) bond motifs is 1. The smallest absolute Gasteiger partial charge is 0.287 e. The van der Waals surface area contributed by atoms with E-state index in [9.17, 15) is 9.59 Å². The summed E-state index contributed by atoms with van der Waals surface area (Å²) in [5, 5.41) is 6.11. The maximum absolute atomic E-state index is 12.9. The molecular weight excluding hydrogens is 342 g/mol. The Morgan fingerprint density at radius 2 is 1.81 bits per heavy atom. The number of carbonyl (C=O) groups is 2. The number of rotatable bonds is 6. The first-order valence-corrected chi connectivity index (χ1v) is 10.4. The van der Waals surface area contributed by atoms with Gasteiger partial charge in [0.25, 0.3) is 11.8 Å². The monoisotopic (exact) mass is 375 g/mol. The van der Waals surface area contributed by atoms with Crippen LogP contribution in [0.15, 0.2) is 0 Å². The van der Waals surface area contributed by atoms with Crippen molar-refractivity contribution >= 4 is 11.8 Å². The Hall–Kier alpha value is -1.89. The zero-order chi connectivity index (χ0) is 19.2. The van der Waals surface area contributed by atoms with E-state index in [0.29, 0.717) is 18.1 Å². The topological polar surface area (TPSA) is 79.3 Å². The van der Waals surface area contributed by atoms with Gasteiger partial charge in [0.15, 0.2) is 5.82 Å². The summed E-state index contributed by atoms with van der Waals surface area (Å²) < 4.78 is 1.97. The highest BCUT2D eigenvalue weighted by Gasteiger charge is 2.28. The van der Waals surface area contributed by atoms with Crippen LogP contribution in [0.1, 0.15) is 78.2 Å². The first kappa shape index (κ1) is 19.9. The molecule has 2 heterocycles. The fourth-order valence-electron chi connectivity index (χ4n) is 4.05. The molecule has 0 radical (unpaired) electrons. The van der Waals surface area contributed by atoms with Gasteiger partial charge in [-0.15, -0.1) is 0 Å². The van der Waals surface area contributed by atoms with Gasteiger partial charge >= 0.3 is 0 Å². The van der Waals surface area contributed by atoms with Gasteiger partial charge in [-0.25, -0.2) is 4.98 Å². The normalized spacial score (nSPS) is 18.0. The summed E-state index contributed by atoms with van der Waals surface area (Å²) in [5.74, 6) is 0.111. The summed E-state index contributed by atoms with van der Waals surface area (Å²) in [5.41, 5.74) is 1.34. The minimum absolute atomic E-state index is 0.127. The molecule has 2 amide bonds. The molecule has 1 aromatic heterocycles. The number of amides is 2. The van der Waals surface area contributed by atoms with Crippen LogP contribution in [-0.2, 0) is 13.0 Å². The Bertz CT molecular complexity index is 660. The summed E-state index contributed by atoms with van der Waals surface area (Å²) in [6.45, 7) is 2.11. The molecule has 0 aromatic carbocycles. The Kier molecular flexibility index (Phi) is 6.88. The SMILES string of the molecule is CN(C)CCNC(=O)c1nc(C(=O)NC2CCCCCC2)n2c1CCCC2. The van der Waals surface area contributed by atoms with Crippen molar-refractivity contribution in [2.24, 2.45) is 0 Å². The molecule has 0 spiro atoms. The van der Waals surface area contributed by atoms with Crippen molar-refractivity contribution in [1.82, 2.24) is 25.1 Å². The molecular formula is C20H33N5O2. The lowest BCUT2D eigenvalue weighted by Gasteiger charge is -2.19. The van der Waals surface area contributed by atoms with Crippen molar-refractivity contribution < 1.29 is 9.59 Å². The number of hydrogen-bond donors (Lipinski definition) is 2. The fourth-order valence-corrected chi connectivity index (χ4v) is 4.05. The quantitative estimate of drug-likeness (QED) is 0.745. The second kappa shape index (κ2) is 9.35. The van der Waals surface area contributed by atoms with Crippen molar-refractivity contribution in [3.63, 3.8) is 0 Å². The third kappa shape index (κ3) is 5.09. The molecule has 7 nitrogen and oxygen atoms in total. The minimum Gasteiger partial charge on any atom is -0.349 e. The number of nitrogens with zero attached hydrogens (tertiary/aromatic N) is 3. The lowest BCUT2D eigenvalue weighted by molar-refractivity contribution is 0.0917. The molecule has 2 aliphatic rings. The van der Waals surface area contributed by atoms with Crippen LogP contribution in [0.2, 0.25) is 0 Å². The van der Waals surface area contributed by atoms with Crippen LogP contribution >= 0.6 is 0 Å². The summed E-state index contributed by atoms with van der Waals surface area (Å²) in [6, 6.07) is 0.230. The van der Waals surface area contributed by atoms with Gasteiger partial charge in [-0.3, -0.25) is 9.59 Å². The van der Waals surface area contributed by atoms with E-state index in [1.807, 2.05) is 23.6 Å². The molecule has 0 atom stereocenters. The van der Waals surface area contributed by atoms with Crippen LogP contribution in [0.5, 0.6) is 0 Å².